The topological polar surface area (TPSA) is 82.2 Å². The molecule has 6 heteroatoms. The largest absolute Gasteiger partial charge is 0.393 e. The molecule has 0 aliphatic carbocycles. The minimum Gasteiger partial charge on any atom is -0.393 e. The van der Waals surface area contributed by atoms with E-state index >= 15 is 0 Å². The number of pyridine rings is 1. The molecule has 0 aliphatic heterocycles. The summed E-state index contributed by atoms with van der Waals surface area (Å²) in [5, 5.41) is 12.1. The number of H-pyrrole nitrogens is 1. The SMILES string of the molecule is Cc1[nH]cc(C(=O)NCC(C)(C)CC(C)O)c(=O)c1Br. The normalized spacial score (nSPS) is 13.1. The van der Waals surface area contributed by atoms with Gasteiger partial charge in [0.25, 0.3) is 5.91 Å². The zero-order valence-corrected chi connectivity index (χ0v) is 13.8. The van der Waals surface area contributed by atoms with E-state index < -0.39 is 12.0 Å². The number of aromatic nitrogens is 1. The molecule has 1 atom stereocenters. The first-order chi connectivity index (χ1) is 9.14. The lowest BCUT2D eigenvalue weighted by atomic mass is 9.87. The van der Waals surface area contributed by atoms with Crippen molar-refractivity contribution in [3.63, 3.8) is 0 Å². The molecule has 1 amide bonds. The van der Waals surface area contributed by atoms with Gasteiger partial charge in [-0.25, -0.2) is 0 Å². The van der Waals surface area contributed by atoms with Gasteiger partial charge in [0.05, 0.1) is 10.6 Å². The molecule has 5 nitrogen and oxygen atoms in total. The highest BCUT2D eigenvalue weighted by molar-refractivity contribution is 9.10. The number of amides is 1. The van der Waals surface area contributed by atoms with Crippen LogP contribution in [0.5, 0.6) is 0 Å². The Hall–Kier alpha value is -1.14. The van der Waals surface area contributed by atoms with E-state index in [1.807, 2.05) is 13.8 Å². The highest BCUT2D eigenvalue weighted by Crippen LogP contribution is 2.21. The van der Waals surface area contributed by atoms with E-state index in [4.69, 9.17) is 0 Å². The van der Waals surface area contributed by atoms with Gasteiger partial charge in [0.1, 0.15) is 5.56 Å². The van der Waals surface area contributed by atoms with E-state index in [-0.39, 0.29) is 16.4 Å². The number of rotatable bonds is 5. The second-order valence-corrected chi connectivity index (χ2v) is 6.66. The fourth-order valence-corrected chi connectivity index (χ4v) is 2.38. The van der Waals surface area contributed by atoms with Crippen LogP contribution in [0, 0.1) is 12.3 Å². The first kappa shape index (κ1) is 16.9. The van der Waals surface area contributed by atoms with Crippen LogP contribution >= 0.6 is 15.9 Å². The number of aromatic amines is 1. The number of aliphatic hydroxyl groups excluding tert-OH is 1. The van der Waals surface area contributed by atoms with Crippen LogP contribution in [0.15, 0.2) is 15.5 Å². The summed E-state index contributed by atoms with van der Waals surface area (Å²) in [5.74, 6) is -0.411. The van der Waals surface area contributed by atoms with E-state index in [0.29, 0.717) is 23.1 Å². The lowest BCUT2D eigenvalue weighted by Gasteiger charge is -2.26. The molecule has 112 valence electrons. The van der Waals surface area contributed by atoms with Crippen LogP contribution in [0.3, 0.4) is 0 Å². The Kier molecular flexibility index (Phi) is 5.53. The third-order valence-electron chi connectivity index (χ3n) is 3.03. The maximum Gasteiger partial charge on any atom is 0.256 e. The zero-order valence-electron chi connectivity index (χ0n) is 12.2. The van der Waals surface area contributed by atoms with Crippen LogP contribution in [0.4, 0.5) is 0 Å². The first-order valence-corrected chi connectivity index (χ1v) is 7.27. The van der Waals surface area contributed by atoms with Crippen molar-refractivity contribution in [2.75, 3.05) is 6.54 Å². The molecule has 1 aromatic rings. The molecule has 0 saturated heterocycles. The summed E-state index contributed by atoms with van der Waals surface area (Å²) >= 11 is 3.16. The van der Waals surface area contributed by atoms with E-state index in [9.17, 15) is 14.7 Å². The molecule has 1 aromatic heterocycles. The molecule has 3 N–H and O–H groups in total. The smallest absolute Gasteiger partial charge is 0.256 e. The van der Waals surface area contributed by atoms with Gasteiger partial charge < -0.3 is 15.4 Å². The minimum absolute atomic E-state index is 0.0790. The van der Waals surface area contributed by atoms with Crippen LogP contribution in [-0.2, 0) is 0 Å². The average Bonchev–Trinajstić information content (AvgIpc) is 2.32. The van der Waals surface area contributed by atoms with Crippen molar-refractivity contribution in [2.24, 2.45) is 5.41 Å². The number of hydrogen-bond acceptors (Lipinski definition) is 3. The van der Waals surface area contributed by atoms with Crippen molar-refractivity contribution in [3.8, 4) is 0 Å². The van der Waals surface area contributed by atoms with Crippen molar-refractivity contribution >= 4 is 21.8 Å². The molecule has 1 heterocycles. The van der Waals surface area contributed by atoms with Crippen LogP contribution in [-0.4, -0.2) is 28.6 Å². The van der Waals surface area contributed by atoms with Crippen LogP contribution in [0.1, 0.15) is 43.2 Å². The molecule has 0 spiro atoms. The van der Waals surface area contributed by atoms with E-state index in [1.54, 1.807) is 13.8 Å². The summed E-state index contributed by atoms with van der Waals surface area (Å²) in [5.41, 5.74) is 0.196. The van der Waals surface area contributed by atoms with Gasteiger partial charge in [-0.2, -0.15) is 0 Å². The summed E-state index contributed by atoms with van der Waals surface area (Å²) in [6, 6.07) is 0. The van der Waals surface area contributed by atoms with Crippen LogP contribution in [0.25, 0.3) is 0 Å². The van der Waals surface area contributed by atoms with Crippen molar-refractivity contribution in [3.05, 3.63) is 32.2 Å². The van der Waals surface area contributed by atoms with Gasteiger partial charge in [0.2, 0.25) is 5.43 Å². The van der Waals surface area contributed by atoms with Crippen LogP contribution < -0.4 is 10.7 Å². The lowest BCUT2D eigenvalue weighted by molar-refractivity contribution is 0.0900. The maximum absolute atomic E-state index is 12.0. The molecule has 20 heavy (non-hydrogen) atoms. The van der Waals surface area contributed by atoms with Gasteiger partial charge in [0.15, 0.2) is 0 Å². The van der Waals surface area contributed by atoms with Crippen molar-refractivity contribution < 1.29 is 9.90 Å². The number of carbonyl (C=O) groups is 1. The average molecular weight is 345 g/mol. The highest BCUT2D eigenvalue weighted by atomic mass is 79.9. The Bertz CT molecular complexity index is 550. The molecular formula is C14H21BrN2O3. The summed E-state index contributed by atoms with van der Waals surface area (Å²) in [6.07, 6.45) is 1.56. The molecule has 1 rings (SSSR count). The number of aryl methyl sites for hydroxylation is 1. The Morgan fingerprint density at radius 2 is 2.15 bits per heavy atom. The fraction of sp³-hybridized carbons (Fsp3) is 0.571. The lowest BCUT2D eigenvalue weighted by Crippen LogP contribution is -2.37. The zero-order chi connectivity index (χ0) is 15.5. The molecule has 0 radical (unpaired) electrons. The summed E-state index contributed by atoms with van der Waals surface area (Å²) in [6.45, 7) is 7.76. The van der Waals surface area contributed by atoms with Crippen LogP contribution in [0.2, 0.25) is 0 Å². The summed E-state index contributed by atoms with van der Waals surface area (Å²) in [4.78, 5) is 26.9. The Morgan fingerprint density at radius 3 is 2.70 bits per heavy atom. The predicted octanol–water partition coefficient (Wildman–Crippen LogP) is 1.97. The first-order valence-electron chi connectivity index (χ1n) is 6.48. The number of aliphatic hydroxyl groups is 1. The third-order valence-corrected chi connectivity index (χ3v) is 3.98. The van der Waals surface area contributed by atoms with Gasteiger partial charge in [-0.1, -0.05) is 13.8 Å². The quantitative estimate of drug-likeness (QED) is 0.763. The highest BCUT2D eigenvalue weighted by Gasteiger charge is 2.22. The van der Waals surface area contributed by atoms with Gasteiger partial charge in [-0.05, 0) is 41.6 Å². The standard InChI is InChI=1S/C14H21BrN2O3/c1-8(18)5-14(3,4)7-17-13(20)10-6-16-9(2)11(15)12(10)19/h6,8,18H,5,7H2,1-4H3,(H,16,19)(H,17,20). The molecule has 0 aliphatic rings. The predicted molar refractivity (Wildman–Crippen MR) is 81.9 cm³/mol. The van der Waals surface area contributed by atoms with Crippen molar-refractivity contribution in [2.45, 2.75) is 40.2 Å². The summed E-state index contributed by atoms with van der Waals surface area (Å²) in [7, 11) is 0. The Morgan fingerprint density at radius 1 is 1.55 bits per heavy atom. The molecular weight excluding hydrogens is 324 g/mol. The molecule has 0 aromatic carbocycles. The molecule has 1 unspecified atom stereocenters. The minimum atomic E-state index is -0.432. The molecule has 0 bridgehead atoms. The number of hydrogen-bond donors (Lipinski definition) is 3. The number of nitrogens with one attached hydrogen (secondary N) is 2. The Balaban J connectivity index is 2.78. The van der Waals surface area contributed by atoms with Crippen molar-refractivity contribution in [1.82, 2.24) is 10.3 Å². The summed E-state index contributed by atoms with van der Waals surface area (Å²) < 4.78 is 0.369. The van der Waals surface area contributed by atoms with Gasteiger partial charge in [-0.15, -0.1) is 0 Å². The fourth-order valence-electron chi connectivity index (χ4n) is 2.05. The van der Waals surface area contributed by atoms with E-state index in [0.717, 1.165) is 0 Å². The molecule has 0 saturated carbocycles. The van der Waals surface area contributed by atoms with Gasteiger partial charge >= 0.3 is 0 Å². The molecule has 0 fully saturated rings. The third kappa shape index (κ3) is 4.45. The number of halogens is 1. The monoisotopic (exact) mass is 344 g/mol. The van der Waals surface area contributed by atoms with Gasteiger partial charge in [-0.3, -0.25) is 9.59 Å². The van der Waals surface area contributed by atoms with Gasteiger partial charge in [0, 0.05) is 18.4 Å². The van der Waals surface area contributed by atoms with E-state index in [1.165, 1.54) is 6.20 Å². The van der Waals surface area contributed by atoms with Crippen molar-refractivity contribution in [1.29, 1.82) is 0 Å². The Labute approximate surface area is 126 Å². The number of carbonyl (C=O) groups excluding carboxylic acids is 1. The second kappa shape index (κ2) is 6.54. The van der Waals surface area contributed by atoms with E-state index in [2.05, 4.69) is 26.2 Å². The second-order valence-electron chi connectivity index (χ2n) is 5.87. The maximum atomic E-state index is 12.0.